The molecule has 0 unspecified atom stereocenters. The van der Waals surface area contributed by atoms with Crippen LogP contribution in [0.15, 0.2) is 33.3 Å². The molecule has 0 spiro atoms. The fourth-order valence-corrected chi connectivity index (χ4v) is 3.85. The topological polar surface area (TPSA) is 93.4 Å². The molecule has 1 aromatic heterocycles. The summed E-state index contributed by atoms with van der Waals surface area (Å²) in [5, 5.41) is 3.74. The summed E-state index contributed by atoms with van der Waals surface area (Å²) in [5.41, 5.74) is 0.629. The first-order chi connectivity index (χ1) is 11.3. The van der Waals surface area contributed by atoms with E-state index in [9.17, 15) is 13.2 Å². The molecule has 1 aromatic carbocycles. The Hall–Kier alpha value is -1.74. The second kappa shape index (κ2) is 7.89. The van der Waals surface area contributed by atoms with Crippen LogP contribution in [0.1, 0.15) is 24.2 Å². The van der Waals surface area contributed by atoms with E-state index in [1.165, 1.54) is 11.9 Å². The third kappa shape index (κ3) is 5.41. The Labute approximate surface area is 149 Å². The maximum absolute atomic E-state index is 12.2. The van der Waals surface area contributed by atoms with E-state index in [4.69, 9.17) is 4.52 Å². The van der Waals surface area contributed by atoms with E-state index in [1.54, 1.807) is 18.2 Å². The second-order valence-corrected chi connectivity index (χ2v) is 8.35. The number of carbonyl (C=O) groups excluding carboxylic acids is 1. The van der Waals surface area contributed by atoms with Gasteiger partial charge in [-0.25, -0.2) is 8.42 Å². The lowest BCUT2D eigenvalue weighted by Gasteiger charge is -2.14. The number of aromatic nitrogens is 2. The van der Waals surface area contributed by atoms with Crippen molar-refractivity contribution in [3.8, 4) is 0 Å². The Morgan fingerprint density at radius 1 is 1.38 bits per heavy atom. The summed E-state index contributed by atoms with van der Waals surface area (Å²) >= 11 is 3.30. The molecule has 0 N–H and O–H groups in total. The number of nitrogens with zero attached hydrogens (tertiary/aromatic N) is 3. The minimum Gasteiger partial charge on any atom is -0.337 e. The molecule has 0 saturated carbocycles. The summed E-state index contributed by atoms with van der Waals surface area (Å²) in [5.74, 6) is -0.432. The van der Waals surface area contributed by atoms with Crippen LogP contribution in [0.3, 0.4) is 0 Å². The number of rotatable bonds is 7. The summed E-state index contributed by atoms with van der Waals surface area (Å²) in [4.78, 5) is 17.5. The lowest BCUT2D eigenvalue weighted by Crippen LogP contribution is -2.32. The van der Waals surface area contributed by atoms with E-state index in [2.05, 4.69) is 26.1 Å². The molecule has 24 heavy (non-hydrogen) atoms. The minimum atomic E-state index is -3.57. The number of carbonyl (C=O) groups is 1. The molecule has 0 aliphatic carbocycles. The van der Waals surface area contributed by atoms with Gasteiger partial charge in [0, 0.05) is 17.9 Å². The number of sulfone groups is 1. The Bertz CT molecular complexity index is 820. The predicted octanol–water partition coefficient (Wildman–Crippen LogP) is 1.97. The van der Waals surface area contributed by atoms with Crippen molar-refractivity contribution in [2.24, 2.45) is 0 Å². The van der Waals surface area contributed by atoms with Crippen LogP contribution in [0.2, 0.25) is 0 Å². The maximum Gasteiger partial charge on any atom is 0.246 e. The average Bonchev–Trinajstić information content (AvgIpc) is 2.93. The van der Waals surface area contributed by atoms with E-state index in [-0.39, 0.29) is 18.2 Å². The molecule has 0 aliphatic rings. The van der Waals surface area contributed by atoms with Crippen molar-refractivity contribution in [2.45, 2.75) is 25.6 Å². The van der Waals surface area contributed by atoms with E-state index < -0.39 is 21.5 Å². The molecule has 0 atom stereocenters. The molecular weight excluding hydrogens is 398 g/mol. The van der Waals surface area contributed by atoms with Gasteiger partial charge < -0.3 is 9.42 Å². The standard InChI is InChI=1S/C15H18BrN3O4S/c1-3-13-17-14(23-18-13)8-19(2)15(20)10-24(21,22)9-11-5-4-6-12(16)7-11/h4-7H,3,8-10H2,1-2H3. The van der Waals surface area contributed by atoms with Gasteiger partial charge in [-0.1, -0.05) is 40.1 Å². The molecule has 7 nitrogen and oxygen atoms in total. The fraction of sp³-hybridized carbons (Fsp3) is 0.400. The number of aryl methyl sites for hydroxylation is 1. The van der Waals surface area contributed by atoms with Gasteiger partial charge in [0.2, 0.25) is 11.8 Å². The summed E-state index contributed by atoms with van der Waals surface area (Å²) in [6.07, 6.45) is 0.627. The quantitative estimate of drug-likeness (QED) is 0.685. The van der Waals surface area contributed by atoms with Crippen molar-refractivity contribution in [1.29, 1.82) is 0 Å². The summed E-state index contributed by atoms with van der Waals surface area (Å²) < 4.78 is 30.2. The fourth-order valence-electron chi connectivity index (χ4n) is 2.02. The van der Waals surface area contributed by atoms with Crippen LogP contribution in [0, 0.1) is 0 Å². The van der Waals surface area contributed by atoms with Crippen LogP contribution >= 0.6 is 15.9 Å². The van der Waals surface area contributed by atoms with Gasteiger partial charge in [0.25, 0.3) is 0 Å². The first-order valence-corrected chi connectivity index (χ1v) is 9.91. The molecule has 0 bridgehead atoms. The third-order valence-electron chi connectivity index (χ3n) is 3.24. The molecule has 0 fully saturated rings. The van der Waals surface area contributed by atoms with Crippen molar-refractivity contribution in [3.63, 3.8) is 0 Å². The van der Waals surface area contributed by atoms with Crippen molar-refractivity contribution in [3.05, 3.63) is 46.0 Å². The Balaban J connectivity index is 1.96. The highest BCUT2D eigenvalue weighted by Crippen LogP contribution is 2.14. The minimum absolute atomic E-state index is 0.0816. The first-order valence-electron chi connectivity index (χ1n) is 7.29. The third-order valence-corrected chi connectivity index (χ3v) is 5.20. The van der Waals surface area contributed by atoms with Gasteiger partial charge in [-0.15, -0.1) is 0 Å². The van der Waals surface area contributed by atoms with Gasteiger partial charge >= 0.3 is 0 Å². The smallest absolute Gasteiger partial charge is 0.246 e. The molecule has 1 heterocycles. The van der Waals surface area contributed by atoms with Crippen molar-refractivity contribution < 1.29 is 17.7 Å². The first kappa shape index (κ1) is 18.6. The summed E-state index contributed by atoms with van der Waals surface area (Å²) in [6, 6.07) is 6.99. The van der Waals surface area contributed by atoms with Gasteiger partial charge in [-0.05, 0) is 17.7 Å². The van der Waals surface area contributed by atoms with Gasteiger partial charge in [0.15, 0.2) is 15.7 Å². The van der Waals surface area contributed by atoms with E-state index in [0.29, 0.717) is 17.8 Å². The number of amides is 1. The van der Waals surface area contributed by atoms with Gasteiger partial charge in [-0.2, -0.15) is 4.98 Å². The van der Waals surface area contributed by atoms with Gasteiger partial charge in [-0.3, -0.25) is 4.79 Å². The summed E-state index contributed by atoms with van der Waals surface area (Å²) in [6.45, 7) is 1.97. The van der Waals surface area contributed by atoms with Crippen LogP contribution < -0.4 is 0 Å². The van der Waals surface area contributed by atoms with Crippen molar-refractivity contribution in [2.75, 3.05) is 12.8 Å². The highest BCUT2D eigenvalue weighted by Gasteiger charge is 2.21. The normalized spacial score (nSPS) is 11.5. The van der Waals surface area contributed by atoms with Crippen LogP contribution in [0.25, 0.3) is 0 Å². The summed E-state index contributed by atoms with van der Waals surface area (Å²) in [7, 11) is -2.06. The molecule has 2 rings (SSSR count). The highest BCUT2D eigenvalue weighted by molar-refractivity contribution is 9.10. The Morgan fingerprint density at radius 2 is 2.12 bits per heavy atom. The number of halogens is 1. The largest absolute Gasteiger partial charge is 0.337 e. The number of hydrogen-bond donors (Lipinski definition) is 0. The molecule has 1 amide bonds. The monoisotopic (exact) mass is 415 g/mol. The van der Waals surface area contributed by atoms with Crippen molar-refractivity contribution in [1.82, 2.24) is 15.0 Å². The van der Waals surface area contributed by atoms with Gasteiger partial charge in [0.1, 0.15) is 5.75 Å². The Morgan fingerprint density at radius 3 is 2.75 bits per heavy atom. The van der Waals surface area contributed by atoms with E-state index in [0.717, 1.165) is 4.47 Å². The van der Waals surface area contributed by atoms with E-state index in [1.807, 2.05) is 13.0 Å². The zero-order chi connectivity index (χ0) is 17.7. The second-order valence-electron chi connectivity index (χ2n) is 5.37. The zero-order valence-corrected chi connectivity index (χ0v) is 15.8. The maximum atomic E-state index is 12.2. The number of benzene rings is 1. The van der Waals surface area contributed by atoms with Crippen LogP contribution in [-0.2, 0) is 33.4 Å². The lowest BCUT2D eigenvalue weighted by atomic mass is 10.2. The molecule has 9 heteroatoms. The molecule has 0 radical (unpaired) electrons. The Kier molecular flexibility index (Phi) is 6.11. The number of hydrogen-bond acceptors (Lipinski definition) is 6. The lowest BCUT2D eigenvalue weighted by molar-refractivity contribution is -0.128. The van der Waals surface area contributed by atoms with E-state index >= 15 is 0 Å². The van der Waals surface area contributed by atoms with Gasteiger partial charge in [0.05, 0.1) is 12.3 Å². The molecule has 2 aromatic rings. The van der Waals surface area contributed by atoms with Crippen molar-refractivity contribution >= 4 is 31.7 Å². The van der Waals surface area contributed by atoms with Crippen LogP contribution in [0.4, 0.5) is 0 Å². The zero-order valence-electron chi connectivity index (χ0n) is 13.4. The average molecular weight is 416 g/mol. The molecule has 0 saturated heterocycles. The highest BCUT2D eigenvalue weighted by atomic mass is 79.9. The molecule has 0 aliphatic heterocycles. The van der Waals surface area contributed by atoms with Crippen LogP contribution in [-0.4, -0.2) is 42.2 Å². The molecule has 130 valence electrons. The van der Waals surface area contributed by atoms with Crippen LogP contribution in [0.5, 0.6) is 0 Å². The SMILES string of the molecule is CCc1noc(CN(C)C(=O)CS(=O)(=O)Cc2cccc(Br)c2)n1. The molecular formula is C15H18BrN3O4S. The predicted molar refractivity (Wildman–Crippen MR) is 91.8 cm³/mol.